The van der Waals surface area contributed by atoms with E-state index in [0.717, 1.165) is 17.8 Å². The molecule has 0 radical (unpaired) electrons. The molecule has 28 heavy (non-hydrogen) atoms. The molecule has 2 aromatic carbocycles. The van der Waals surface area contributed by atoms with Gasteiger partial charge in [-0.15, -0.1) is 0 Å². The number of hydrogen-bond donors (Lipinski definition) is 2. The summed E-state index contributed by atoms with van der Waals surface area (Å²) in [5.74, 6) is 0.216. The number of rotatable bonds is 6. The molecule has 5 heteroatoms. The van der Waals surface area contributed by atoms with Crippen LogP contribution in [-0.4, -0.2) is 29.1 Å². The van der Waals surface area contributed by atoms with Crippen LogP contribution in [0.2, 0.25) is 0 Å². The Hall–Kier alpha value is -2.92. The first kappa shape index (κ1) is 18.4. The van der Waals surface area contributed by atoms with Crippen LogP contribution in [0.5, 0.6) is 0 Å². The molecule has 0 saturated carbocycles. The third kappa shape index (κ3) is 3.85. The zero-order valence-electron chi connectivity index (χ0n) is 16.2. The van der Waals surface area contributed by atoms with Crippen molar-refractivity contribution in [2.45, 2.75) is 26.2 Å². The third-order valence-electron chi connectivity index (χ3n) is 5.59. The fraction of sp³-hybridized carbons (Fsp3) is 0.304. The largest absolute Gasteiger partial charge is 0.380 e. The summed E-state index contributed by atoms with van der Waals surface area (Å²) < 4.78 is 5.08. The molecular weight excluding hydrogens is 350 g/mol. The molecule has 1 atom stereocenters. The van der Waals surface area contributed by atoms with Crippen LogP contribution in [0.25, 0.3) is 0 Å². The summed E-state index contributed by atoms with van der Waals surface area (Å²) >= 11 is 0. The highest BCUT2D eigenvalue weighted by molar-refractivity contribution is 5.93. The molecule has 3 aromatic rings. The fourth-order valence-corrected chi connectivity index (χ4v) is 3.59. The number of benzene rings is 2. The van der Waals surface area contributed by atoms with Gasteiger partial charge in [0.05, 0.1) is 25.5 Å². The summed E-state index contributed by atoms with van der Waals surface area (Å²) in [4.78, 5) is 19.6. The second-order valence-corrected chi connectivity index (χ2v) is 7.47. The Morgan fingerprint density at radius 2 is 2.00 bits per heavy atom. The third-order valence-corrected chi connectivity index (χ3v) is 5.59. The van der Waals surface area contributed by atoms with Crippen molar-refractivity contribution in [2.75, 3.05) is 18.5 Å². The molecule has 5 nitrogen and oxygen atoms in total. The van der Waals surface area contributed by atoms with Gasteiger partial charge in [-0.1, -0.05) is 30.3 Å². The van der Waals surface area contributed by atoms with Crippen LogP contribution in [0.15, 0.2) is 55.0 Å². The van der Waals surface area contributed by atoms with Gasteiger partial charge in [0.15, 0.2) is 0 Å². The van der Waals surface area contributed by atoms with E-state index in [1.807, 2.05) is 18.3 Å². The van der Waals surface area contributed by atoms with E-state index in [2.05, 4.69) is 59.5 Å². The lowest BCUT2D eigenvalue weighted by atomic mass is 9.85. The standard InChI is InChI=1S/C23H25N3O2/c1-15-4-3-5-20(16(15)2)21(22-11-24-14-25-22)10-17-6-8-19(9-7-17)26-23(27)18-12-28-13-18/h3-9,11,14,18,21H,10,12-13H2,1-2H3,(H,24,25)(H,26,27). The Bertz CT molecular complexity index is 944. The van der Waals surface area contributed by atoms with Gasteiger partial charge in [-0.3, -0.25) is 4.79 Å². The van der Waals surface area contributed by atoms with Crippen LogP contribution in [0.4, 0.5) is 5.69 Å². The number of nitrogens with zero attached hydrogens (tertiary/aromatic N) is 1. The number of hydrogen-bond acceptors (Lipinski definition) is 3. The van der Waals surface area contributed by atoms with Crippen molar-refractivity contribution in [3.05, 3.63) is 82.9 Å². The van der Waals surface area contributed by atoms with Crippen molar-refractivity contribution in [2.24, 2.45) is 5.92 Å². The maximum absolute atomic E-state index is 12.1. The molecule has 1 fully saturated rings. The first-order chi connectivity index (χ1) is 13.6. The average molecular weight is 375 g/mol. The number of nitrogens with one attached hydrogen (secondary N) is 2. The number of anilines is 1. The zero-order valence-corrected chi connectivity index (χ0v) is 16.2. The number of ether oxygens (including phenoxy) is 1. The molecule has 1 unspecified atom stereocenters. The van der Waals surface area contributed by atoms with Crippen LogP contribution >= 0.6 is 0 Å². The highest BCUT2D eigenvalue weighted by Crippen LogP contribution is 2.31. The van der Waals surface area contributed by atoms with Gasteiger partial charge in [0.2, 0.25) is 5.91 Å². The van der Waals surface area contributed by atoms with Crippen LogP contribution in [0, 0.1) is 19.8 Å². The van der Waals surface area contributed by atoms with E-state index in [0.29, 0.717) is 13.2 Å². The number of aromatic nitrogens is 2. The van der Waals surface area contributed by atoms with E-state index in [9.17, 15) is 4.79 Å². The maximum atomic E-state index is 12.1. The molecule has 4 rings (SSSR count). The zero-order chi connectivity index (χ0) is 19.5. The topological polar surface area (TPSA) is 67.0 Å². The van der Waals surface area contributed by atoms with Crippen molar-refractivity contribution in [3.8, 4) is 0 Å². The summed E-state index contributed by atoms with van der Waals surface area (Å²) in [6.45, 7) is 5.36. The molecule has 0 aliphatic carbocycles. The molecule has 1 amide bonds. The van der Waals surface area contributed by atoms with Gasteiger partial charge in [0.25, 0.3) is 0 Å². The van der Waals surface area contributed by atoms with Gasteiger partial charge in [-0.25, -0.2) is 4.98 Å². The fourth-order valence-electron chi connectivity index (χ4n) is 3.59. The first-order valence-electron chi connectivity index (χ1n) is 9.63. The maximum Gasteiger partial charge on any atom is 0.232 e. The summed E-state index contributed by atoms with van der Waals surface area (Å²) in [6, 6.07) is 14.6. The highest BCUT2D eigenvalue weighted by atomic mass is 16.5. The molecule has 0 spiro atoms. The monoisotopic (exact) mass is 375 g/mol. The van der Waals surface area contributed by atoms with E-state index in [4.69, 9.17) is 4.74 Å². The Labute approximate surface area is 165 Å². The van der Waals surface area contributed by atoms with E-state index < -0.39 is 0 Å². The van der Waals surface area contributed by atoms with Crippen molar-refractivity contribution >= 4 is 11.6 Å². The SMILES string of the molecule is Cc1cccc(C(Cc2ccc(NC(=O)C3COC3)cc2)c2cnc[nH]2)c1C. The second kappa shape index (κ2) is 7.98. The minimum Gasteiger partial charge on any atom is -0.380 e. The predicted molar refractivity (Wildman–Crippen MR) is 109 cm³/mol. The number of amides is 1. The normalized spacial score (nSPS) is 15.1. The van der Waals surface area contributed by atoms with Gasteiger partial charge < -0.3 is 15.0 Å². The number of imidazole rings is 1. The molecule has 1 saturated heterocycles. The lowest BCUT2D eigenvalue weighted by molar-refractivity contribution is -0.133. The summed E-state index contributed by atoms with van der Waals surface area (Å²) in [5, 5.41) is 2.97. The minimum atomic E-state index is -0.0197. The van der Waals surface area contributed by atoms with E-state index in [-0.39, 0.29) is 17.7 Å². The Kier molecular flexibility index (Phi) is 5.26. The number of carbonyl (C=O) groups excluding carboxylic acids is 1. The molecule has 1 aromatic heterocycles. The number of H-pyrrole nitrogens is 1. The van der Waals surface area contributed by atoms with Gasteiger partial charge in [-0.05, 0) is 54.7 Å². The molecule has 1 aliphatic rings. The molecule has 144 valence electrons. The predicted octanol–water partition coefficient (Wildman–Crippen LogP) is 3.99. The highest BCUT2D eigenvalue weighted by Gasteiger charge is 2.26. The quantitative estimate of drug-likeness (QED) is 0.685. The van der Waals surface area contributed by atoms with E-state index in [1.54, 1.807) is 6.33 Å². The molecule has 1 aliphatic heterocycles. The number of aryl methyl sites for hydroxylation is 1. The molecule has 2 heterocycles. The lowest BCUT2D eigenvalue weighted by Crippen LogP contribution is -2.38. The van der Waals surface area contributed by atoms with E-state index >= 15 is 0 Å². The second-order valence-electron chi connectivity index (χ2n) is 7.47. The Morgan fingerprint density at radius 1 is 1.21 bits per heavy atom. The lowest BCUT2D eigenvalue weighted by Gasteiger charge is -2.24. The average Bonchev–Trinajstić information content (AvgIpc) is 3.17. The smallest absolute Gasteiger partial charge is 0.232 e. The van der Waals surface area contributed by atoms with Crippen molar-refractivity contribution in [1.82, 2.24) is 9.97 Å². The molecular formula is C23H25N3O2. The van der Waals surface area contributed by atoms with Gasteiger partial charge in [0, 0.05) is 23.5 Å². The van der Waals surface area contributed by atoms with Crippen molar-refractivity contribution < 1.29 is 9.53 Å². The minimum absolute atomic E-state index is 0.0197. The van der Waals surface area contributed by atoms with Crippen molar-refractivity contribution in [3.63, 3.8) is 0 Å². The van der Waals surface area contributed by atoms with Crippen LogP contribution < -0.4 is 5.32 Å². The van der Waals surface area contributed by atoms with Crippen LogP contribution in [0.3, 0.4) is 0 Å². The van der Waals surface area contributed by atoms with Crippen LogP contribution in [-0.2, 0) is 16.0 Å². The summed E-state index contributed by atoms with van der Waals surface area (Å²) in [5.41, 5.74) is 7.06. The number of aromatic amines is 1. The van der Waals surface area contributed by atoms with E-state index in [1.165, 1.54) is 22.3 Å². The molecule has 0 bridgehead atoms. The number of carbonyl (C=O) groups is 1. The first-order valence-corrected chi connectivity index (χ1v) is 9.63. The van der Waals surface area contributed by atoms with Gasteiger partial charge in [0.1, 0.15) is 0 Å². The molecule has 2 N–H and O–H groups in total. The summed E-state index contributed by atoms with van der Waals surface area (Å²) in [6.07, 6.45) is 4.50. The van der Waals surface area contributed by atoms with Gasteiger partial charge in [-0.2, -0.15) is 0 Å². The van der Waals surface area contributed by atoms with Crippen LogP contribution in [0.1, 0.15) is 33.9 Å². The van der Waals surface area contributed by atoms with Gasteiger partial charge >= 0.3 is 0 Å². The van der Waals surface area contributed by atoms with Crippen molar-refractivity contribution in [1.29, 1.82) is 0 Å². The summed E-state index contributed by atoms with van der Waals surface area (Å²) in [7, 11) is 0. The Morgan fingerprint density at radius 3 is 2.64 bits per heavy atom. The Balaban J connectivity index is 1.54.